The normalized spacial score (nSPS) is 13.4. The molecule has 49 heavy (non-hydrogen) atoms. The van der Waals surface area contributed by atoms with Crippen LogP contribution in [0.5, 0.6) is 0 Å². The zero-order chi connectivity index (χ0) is 33.5. The van der Waals surface area contributed by atoms with Gasteiger partial charge in [0.25, 0.3) is 0 Å². The van der Waals surface area contributed by atoms with Crippen LogP contribution >= 0.6 is 27.5 Å². The molecule has 1 aliphatic heterocycles. The molecule has 8 rings (SSSR count). The van der Waals surface area contributed by atoms with Crippen LogP contribution in [0, 0.1) is 13.8 Å². The van der Waals surface area contributed by atoms with Gasteiger partial charge in [-0.25, -0.2) is 0 Å². The third-order valence-corrected chi connectivity index (χ3v) is 15.2. The molecule has 0 fully saturated rings. The Hall–Kier alpha value is -4.87. The summed E-state index contributed by atoms with van der Waals surface area (Å²) in [5.74, 6) is 0. The van der Waals surface area contributed by atoms with Crippen LogP contribution in [0.3, 0.4) is 0 Å². The van der Waals surface area contributed by atoms with Crippen LogP contribution in [0.2, 0.25) is 5.02 Å². The van der Waals surface area contributed by atoms with Gasteiger partial charge in [-0.1, -0.05) is 121 Å². The predicted octanol–water partition coefficient (Wildman–Crippen LogP) is 10.3. The average Bonchev–Trinajstić information content (AvgIpc) is 3.12. The van der Waals surface area contributed by atoms with Crippen LogP contribution in [-0.2, 0) is 0 Å². The van der Waals surface area contributed by atoms with E-state index in [4.69, 9.17) is 11.6 Å². The van der Waals surface area contributed by atoms with Gasteiger partial charge < -0.3 is 9.80 Å². The third kappa shape index (κ3) is 5.50. The highest BCUT2D eigenvalue weighted by Gasteiger charge is 2.43. The summed E-state index contributed by atoms with van der Waals surface area (Å²) < 4.78 is 0.950. The van der Waals surface area contributed by atoms with Crippen molar-refractivity contribution in [3.05, 3.63) is 190 Å². The number of fused-ring (bicyclic) bond motifs is 6. The van der Waals surface area contributed by atoms with Gasteiger partial charge in [-0.3, -0.25) is 0 Å². The summed E-state index contributed by atoms with van der Waals surface area (Å²) in [6.45, 7) is 4.43. The SMILES string of the molecule is Cc1cc2cc(c1)[Si](c1ccccc1)(c1ccccc1)c1cc(C)cc(c1)N(c1ccccc1)c1cc(Cl)cc(c1Br)N2c1ccccc1. The second-order valence-electron chi connectivity index (χ2n) is 12.7. The van der Waals surface area contributed by atoms with Gasteiger partial charge in [-0.15, -0.1) is 0 Å². The molecule has 0 aromatic heterocycles. The number of benzene rings is 7. The van der Waals surface area contributed by atoms with Gasteiger partial charge in [0.2, 0.25) is 0 Å². The van der Waals surface area contributed by atoms with E-state index in [0.29, 0.717) is 5.02 Å². The summed E-state index contributed by atoms with van der Waals surface area (Å²) in [6, 6.07) is 61.9. The maximum absolute atomic E-state index is 7.10. The van der Waals surface area contributed by atoms with Gasteiger partial charge >= 0.3 is 0 Å². The Balaban J connectivity index is 1.60. The predicted molar refractivity (Wildman–Crippen MR) is 215 cm³/mol. The van der Waals surface area contributed by atoms with E-state index < -0.39 is 8.07 Å². The molecule has 0 amide bonds. The Morgan fingerprint density at radius 1 is 0.429 bits per heavy atom. The van der Waals surface area contributed by atoms with Crippen molar-refractivity contribution in [1.82, 2.24) is 0 Å². The molecule has 1 aliphatic rings. The summed E-state index contributed by atoms with van der Waals surface area (Å²) in [5.41, 5.74) is 8.60. The van der Waals surface area contributed by atoms with Crippen LogP contribution < -0.4 is 30.5 Å². The number of anilines is 6. The minimum atomic E-state index is -2.92. The number of rotatable bonds is 4. The maximum atomic E-state index is 7.10. The van der Waals surface area contributed by atoms with Crippen LogP contribution in [0.4, 0.5) is 34.1 Å². The number of para-hydroxylation sites is 2. The average molecular weight is 734 g/mol. The molecule has 0 saturated heterocycles. The van der Waals surface area contributed by atoms with E-state index in [1.165, 1.54) is 31.9 Å². The lowest BCUT2D eigenvalue weighted by Gasteiger charge is -2.38. The zero-order valence-electron chi connectivity index (χ0n) is 27.3. The fourth-order valence-electron chi connectivity index (χ4n) is 7.49. The molecule has 0 N–H and O–H groups in total. The molecule has 2 nitrogen and oxygen atoms in total. The summed E-state index contributed by atoms with van der Waals surface area (Å²) in [6.07, 6.45) is 0. The highest BCUT2D eigenvalue weighted by Crippen LogP contribution is 2.48. The second kappa shape index (κ2) is 12.9. The van der Waals surface area contributed by atoms with Crippen molar-refractivity contribution in [3.63, 3.8) is 0 Å². The Bertz CT molecular complexity index is 2120. The molecule has 0 aliphatic carbocycles. The Morgan fingerprint density at radius 3 is 1.18 bits per heavy atom. The molecule has 0 radical (unpaired) electrons. The number of hydrogen-bond donors (Lipinski definition) is 0. The molecule has 1 heterocycles. The van der Waals surface area contributed by atoms with E-state index >= 15 is 0 Å². The largest absolute Gasteiger partial charge is 0.309 e. The van der Waals surface area contributed by atoms with E-state index in [1.807, 2.05) is 0 Å². The number of hydrogen-bond acceptors (Lipinski definition) is 2. The van der Waals surface area contributed by atoms with Crippen molar-refractivity contribution >= 4 is 90.5 Å². The summed E-state index contributed by atoms with van der Waals surface area (Å²) >= 11 is 11.2. The van der Waals surface area contributed by atoms with Crippen LogP contribution in [0.25, 0.3) is 0 Å². The molecule has 6 bridgehead atoms. The first kappa shape index (κ1) is 31.4. The van der Waals surface area contributed by atoms with Crippen molar-refractivity contribution < 1.29 is 0 Å². The van der Waals surface area contributed by atoms with Gasteiger partial charge in [0.05, 0.1) is 15.8 Å². The molecular weight excluding hydrogens is 700 g/mol. The van der Waals surface area contributed by atoms with Crippen LogP contribution in [-0.4, -0.2) is 8.07 Å². The van der Waals surface area contributed by atoms with E-state index in [0.717, 1.165) is 38.6 Å². The molecule has 7 aromatic carbocycles. The summed E-state index contributed by atoms with van der Waals surface area (Å²) in [4.78, 5) is 4.69. The minimum absolute atomic E-state index is 0.658. The van der Waals surface area contributed by atoms with Crippen molar-refractivity contribution in [2.75, 3.05) is 9.80 Å². The van der Waals surface area contributed by atoms with Gasteiger partial charge in [-0.05, 0) is 122 Å². The molecule has 238 valence electrons. The molecule has 7 aromatic rings. The Morgan fingerprint density at radius 2 is 0.796 bits per heavy atom. The molecule has 5 heteroatoms. The standard InChI is InChI=1S/C44H34BrClN2Si/c1-31-23-36-29-40(25-31)49(38-19-11-5-12-20-38,39-21-13-6-14-22-39)41-26-32(2)24-37(30-41)48(35-17-9-4-10-18-35)43-28-33(46)27-42(44(43)45)47(36)34-15-7-3-8-16-34/h3-30H,1-2H3. The first-order valence-electron chi connectivity index (χ1n) is 16.5. The lowest BCUT2D eigenvalue weighted by Crippen LogP contribution is -2.74. The van der Waals surface area contributed by atoms with Crippen LogP contribution in [0.1, 0.15) is 11.1 Å². The first-order chi connectivity index (χ1) is 23.9. The quantitative estimate of drug-likeness (QED) is 0.166. The topological polar surface area (TPSA) is 6.48 Å². The minimum Gasteiger partial charge on any atom is -0.309 e. The molecule has 0 saturated carbocycles. The third-order valence-electron chi connectivity index (χ3n) is 9.43. The second-order valence-corrected chi connectivity index (χ2v) is 17.7. The van der Waals surface area contributed by atoms with Gasteiger partial charge in [0, 0.05) is 27.8 Å². The zero-order valence-corrected chi connectivity index (χ0v) is 30.7. The highest BCUT2D eigenvalue weighted by molar-refractivity contribution is 9.10. The smallest absolute Gasteiger partial charge is 0.179 e. The van der Waals surface area contributed by atoms with E-state index in [9.17, 15) is 0 Å². The molecule has 0 spiro atoms. The van der Waals surface area contributed by atoms with Gasteiger partial charge in [0.1, 0.15) is 0 Å². The number of aryl methyl sites for hydroxylation is 2. The molecule has 0 atom stereocenters. The molecular formula is C44H34BrClN2Si. The summed E-state index contributed by atoms with van der Waals surface area (Å²) in [7, 11) is -2.92. The monoisotopic (exact) mass is 732 g/mol. The van der Waals surface area contributed by atoms with Crippen molar-refractivity contribution in [2.45, 2.75) is 13.8 Å². The van der Waals surface area contributed by atoms with E-state index in [1.54, 1.807) is 0 Å². The maximum Gasteiger partial charge on any atom is 0.179 e. The Kier molecular flexibility index (Phi) is 8.24. The molecule has 0 unspecified atom stereocenters. The first-order valence-corrected chi connectivity index (χ1v) is 19.7. The fourth-order valence-corrected chi connectivity index (χ4v) is 13.3. The lowest BCUT2D eigenvalue weighted by atomic mass is 10.1. The Labute approximate surface area is 303 Å². The lowest BCUT2D eigenvalue weighted by molar-refractivity contribution is 1.23. The van der Waals surface area contributed by atoms with Crippen LogP contribution in [0.15, 0.2) is 174 Å². The van der Waals surface area contributed by atoms with E-state index in [-0.39, 0.29) is 0 Å². The number of nitrogens with zero attached hydrogens (tertiary/aromatic N) is 2. The highest BCUT2D eigenvalue weighted by atomic mass is 79.9. The van der Waals surface area contributed by atoms with Crippen molar-refractivity contribution in [2.24, 2.45) is 0 Å². The van der Waals surface area contributed by atoms with Gasteiger partial charge in [0.15, 0.2) is 8.07 Å². The number of halogens is 2. The van der Waals surface area contributed by atoms with Crippen molar-refractivity contribution in [1.29, 1.82) is 0 Å². The van der Waals surface area contributed by atoms with Crippen molar-refractivity contribution in [3.8, 4) is 0 Å². The summed E-state index contributed by atoms with van der Waals surface area (Å²) in [5, 5.41) is 5.98. The van der Waals surface area contributed by atoms with E-state index in [2.05, 4.69) is 209 Å². The van der Waals surface area contributed by atoms with Gasteiger partial charge in [-0.2, -0.15) is 0 Å². The fraction of sp³-hybridized carbons (Fsp3) is 0.0455.